The second kappa shape index (κ2) is 10.1. The molecule has 0 unspecified atom stereocenters. The van der Waals surface area contributed by atoms with Gasteiger partial charge >= 0.3 is 5.97 Å². The SMILES string of the molecule is COC(=O)c1cc(OC)c(OC)cc1NC(=O)CN(c1ccc(Cl)cc1Cl)S(C)(=O)=O. The molecule has 0 saturated heterocycles. The van der Waals surface area contributed by atoms with Crippen LogP contribution in [-0.4, -0.2) is 54.4 Å². The van der Waals surface area contributed by atoms with Crippen molar-refractivity contribution < 1.29 is 32.2 Å². The number of carbonyl (C=O) groups excluding carboxylic acids is 2. The third-order valence-electron chi connectivity index (χ3n) is 4.07. The van der Waals surface area contributed by atoms with E-state index in [-0.39, 0.29) is 33.5 Å². The number of rotatable bonds is 8. The Bertz CT molecular complexity index is 1110. The van der Waals surface area contributed by atoms with Crippen LogP contribution in [0.5, 0.6) is 11.5 Å². The summed E-state index contributed by atoms with van der Waals surface area (Å²) in [4.78, 5) is 24.9. The summed E-state index contributed by atoms with van der Waals surface area (Å²) in [6.45, 7) is -0.616. The summed E-state index contributed by atoms with van der Waals surface area (Å²) in [7, 11) is 0.0626. The van der Waals surface area contributed by atoms with Crippen LogP contribution in [0.1, 0.15) is 10.4 Å². The highest BCUT2D eigenvalue weighted by Gasteiger charge is 2.25. The summed E-state index contributed by atoms with van der Waals surface area (Å²) < 4.78 is 40.5. The molecule has 1 amide bonds. The van der Waals surface area contributed by atoms with Crippen molar-refractivity contribution in [1.29, 1.82) is 0 Å². The summed E-state index contributed by atoms with van der Waals surface area (Å²) in [6.07, 6.45) is 0.932. The van der Waals surface area contributed by atoms with E-state index in [1.165, 1.54) is 51.7 Å². The van der Waals surface area contributed by atoms with Gasteiger partial charge in [0.15, 0.2) is 11.5 Å². The second-order valence-electron chi connectivity index (χ2n) is 6.16. The van der Waals surface area contributed by atoms with Crippen LogP contribution < -0.4 is 19.1 Å². The van der Waals surface area contributed by atoms with Gasteiger partial charge in [0.2, 0.25) is 15.9 Å². The first kappa shape index (κ1) is 24.6. The lowest BCUT2D eigenvalue weighted by molar-refractivity contribution is -0.114. The molecule has 0 radical (unpaired) electrons. The predicted molar refractivity (Wildman–Crippen MR) is 118 cm³/mol. The van der Waals surface area contributed by atoms with Gasteiger partial charge in [-0.3, -0.25) is 9.10 Å². The van der Waals surface area contributed by atoms with E-state index in [1.54, 1.807) is 0 Å². The number of esters is 1. The number of amides is 1. The minimum absolute atomic E-state index is 0.0102. The molecule has 0 aliphatic rings. The van der Waals surface area contributed by atoms with Gasteiger partial charge in [0.05, 0.1) is 49.5 Å². The molecule has 0 aromatic heterocycles. The number of methoxy groups -OCH3 is 3. The van der Waals surface area contributed by atoms with E-state index < -0.39 is 28.4 Å². The van der Waals surface area contributed by atoms with Crippen LogP contribution in [0.3, 0.4) is 0 Å². The standard InChI is InChI=1S/C19H20Cl2N2O7S/c1-28-16-8-12(19(25)30-3)14(9-17(16)29-2)22-18(24)10-23(31(4,26)27)15-6-5-11(20)7-13(15)21/h5-9H,10H2,1-4H3,(H,22,24). The first-order chi connectivity index (χ1) is 14.5. The van der Waals surface area contributed by atoms with E-state index in [1.807, 2.05) is 0 Å². The Balaban J connectivity index is 2.41. The van der Waals surface area contributed by atoms with Crippen LogP contribution >= 0.6 is 23.2 Å². The van der Waals surface area contributed by atoms with Gasteiger partial charge in [-0.15, -0.1) is 0 Å². The van der Waals surface area contributed by atoms with Crippen LogP contribution in [-0.2, 0) is 19.6 Å². The fourth-order valence-corrected chi connectivity index (χ4v) is 4.07. The van der Waals surface area contributed by atoms with Gasteiger partial charge in [0, 0.05) is 17.2 Å². The summed E-state index contributed by atoms with van der Waals surface area (Å²) in [5, 5.41) is 2.86. The molecular formula is C19H20Cl2N2O7S. The fraction of sp³-hybridized carbons (Fsp3) is 0.263. The van der Waals surface area contributed by atoms with E-state index in [9.17, 15) is 18.0 Å². The van der Waals surface area contributed by atoms with Crippen molar-refractivity contribution in [2.24, 2.45) is 0 Å². The van der Waals surface area contributed by atoms with Gasteiger partial charge in [-0.25, -0.2) is 13.2 Å². The number of benzene rings is 2. The van der Waals surface area contributed by atoms with E-state index in [0.717, 1.165) is 10.6 Å². The molecule has 0 fully saturated rings. The maximum atomic E-state index is 12.7. The highest BCUT2D eigenvalue weighted by Crippen LogP contribution is 2.34. The highest BCUT2D eigenvalue weighted by molar-refractivity contribution is 7.92. The molecule has 9 nitrogen and oxygen atoms in total. The average molecular weight is 491 g/mol. The summed E-state index contributed by atoms with van der Waals surface area (Å²) in [6, 6.07) is 6.89. The molecule has 1 N–H and O–H groups in total. The molecule has 0 bridgehead atoms. The first-order valence-corrected chi connectivity index (χ1v) is 11.2. The molecule has 0 aliphatic carbocycles. The van der Waals surface area contributed by atoms with E-state index >= 15 is 0 Å². The predicted octanol–water partition coefficient (Wildman–Crippen LogP) is 3.20. The molecule has 0 aliphatic heterocycles. The lowest BCUT2D eigenvalue weighted by atomic mass is 10.1. The second-order valence-corrected chi connectivity index (χ2v) is 8.91. The largest absolute Gasteiger partial charge is 0.493 e. The van der Waals surface area contributed by atoms with Crippen LogP contribution in [0.4, 0.5) is 11.4 Å². The van der Waals surface area contributed by atoms with Crippen molar-refractivity contribution in [3.63, 3.8) is 0 Å². The molecule has 0 saturated carbocycles. The summed E-state index contributed by atoms with van der Waals surface area (Å²) >= 11 is 12.0. The molecular weight excluding hydrogens is 471 g/mol. The summed E-state index contributed by atoms with van der Waals surface area (Å²) in [5.74, 6) is -0.997. The number of halogens is 2. The zero-order chi connectivity index (χ0) is 23.3. The number of ether oxygens (including phenoxy) is 3. The molecule has 2 aromatic rings. The monoisotopic (exact) mass is 490 g/mol. The minimum Gasteiger partial charge on any atom is -0.493 e. The Labute approximate surface area is 189 Å². The number of hydrogen-bond acceptors (Lipinski definition) is 7. The molecule has 31 heavy (non-hydrogen) atoms. The molecule has 2 rings (SSSR count). The van der Waals surface area contributed by atoms with Crippen molar-refractivity contribution in [2.75, 3.05) is 43.8 Å². The summed E-state index contributed by atoms with van der Waals surface area (Å²) in [5.41, 5.74) is 0.110. The number of nitrogens with zero attached hydrogens (tertiary/aromatic N) is 1. The minimum atomic E-state index is -3.89. The van der Waals surface area contributed by atoms with Crippen molar-refractivity contribution in [3.8, 4) is 11.5 Å². The zero-order valence-corrected chi connectivity index (χ0v) is 19.4. The Morgan fingerprint density at radius 2 is 1.65 bits per heavy atom. The van der Waals surface area contributed by atoms with Gasteiger partial charge in [0.25, 0.3) is 0 Å². The van der Waals surface area contributed by atoms with Crippen LogP contribution in [0.15, 0.2) is 30.3 Å². The zero-order valence-electron chi connectivity index (χ0n) is 17.1. The quantitative estimate of drug-likeness (QED) is 0.565. The van der Waals surface area contributed by atoms with Crippen molar-refractivity contribution >= 4 is 56.5 Å². The van der Waals surface area contributed by atoms with Gasteiger partial charge in [-0.1, -0.05) is 23.2 Å². The van der Waals surface area contributed by atoms with Crippen molar-refractivity contribution in [1.82, 2.24) is 0 Å². The van der Waals surface area contributed by atoms with Gasteiger partial charge in [-0.2, -0.15) is 0 Å². The Kier molecular flexibility index (Phi) is 7.99. The number of nitrogens with one attached hydrogen (secondary N) is 1. The van der Waals surface area contributed by atoms with E-state index in [4.69, 9.17) is 37.4 Å². The third kappa shape index (κ3) is 5.93. The van der Waals surface area contributed by atoms with E-state index in [2.05, 4.69) is 5.32 Å². The lowest BCUT2D eigenvalue weighted by Crippen LogP contribution is -2.37. The van der Waals surface area contributed by atoms with E-state index in [0.29, 0.717) is 5.02 Å². The molecule has 168 valence electrons. The molecule has 0 atom stereocenters. The third-order valence-corrected chi connectivity index (χ3v) is 5.73. The lowest BCUT2D eigenvalue weighted by Gasteiger charge is -2.23. The van der Waals surface area contributed by atoms with Crippen LogP contribution in [0, 0.1) is 0 Å². The van der Waals surface area contributed by atoms with Crippen molar-refractivity contribution in [2.45, 2.75) is 0 Å². The molecule has 12 heteroatoms. The highest BCUT2D eigenvalue weighted by atomic mass is 35.5. The van der Waals surface area contributed by atoms with Crippen LogP contribution in [0.25, 0.3) is 0 Å². The topological polar surface area (TPSA) is 111 Å². The smallest absolute Gasteiger partial charge is 0.340 e. The molecule has 0 heterocycles. The van der Waals surface area contributed by atoms with Gasteiger partial charge in [0.1, 0.15) is 6.54 Å². The molecule has 2 aromatic carbocycles. The number of anilines is 2. The first-order valence-electron chi connectivity index (χ1n) is 8.58. The maximum absolute atomic E-state index is 12.7. The van der Waals surface area contributed by atoms with Crippen LogP contribution in [0.2, 0.25) is 10.0 Å². The van der Waals surface area contributed by atoms with Crippen molar-refractivity contribution in [3.05, 3.63) is 45.9 Å². The van der Waals surface area contributed by atoms with Gasteiger partial charge < -0.3 is 19.5 Å². The average Bonchev–Trinajstić information content (AvgIpc) is 2.70. The normalized spacial score (nSPS) is 10.9. The van der Waals surface area contributed by atoms with Gasteiger partial charge in [-0.05, 0) is 18.2 Å². The Morgan fingerprint density at radius 1 is 1.03 bits per heavy atom. The Hall–Kier alpha value is -2.69. The number of carbonyl (C=O) groups is 2. The Morgan fingerprint density at radius 3 is 2.16 bits per heavy atom. The fourth-order valence-electron chi connectivity index (χ4n) is 2.65. The number of hydrogen-bond donors (Lipinski definition) is 1. The number of sulfonamides is 1. The molecule has 0 spiro atoms. The maximum Gasteiger partial charge on any atom is 0.340 e.